The summed E-state index contributed by atoms with van der Waals surface area (Å²) < 4.78 is 16.9. The third-order valence-electron chi connectivity index (χ3n) is 5.76. The molecule has 0 spiro atoms. The van der Waals surface area contributed by atoms with Crippen LogP contribution in [0.3, 0.4) is 0 Å². The Morgan fingerprint density at radius 1 is 1.06 bits per heavy atom. The van der Waals surface area contributed by atoms with E-state index >= 15 is 0 Å². The Kier molecular flexibility index (Phi) is 5.92. The van der Waals surface area contributed by atoms with Gasteiger partial charge >= 0.3 is 0 Å². The topological polar surface area (TPSA) is 58.9 Å². The van der Waals surface area contributed by atoms with E-state index in [1.165, 1.54) is 0 Å². The van der Waals surface area contributed by atoms with Crippen molar-refractivity contribution in [2.45, 2.75) is 77.7 Å². The minimum absolute atomic E-state index is 0.0509. The van der Waals surface area contributed by atoms with Crippen LogP contribution in [0.2, 0.25) is 0 Å². The molecule has 31 heavy (non-hydrogen) atoms. The van der Waals surface area contributed by atoms with Gasteiger partial charge < -0.3 is 29.4 Å². The third-order valence-corrected chi connectivity index (χ3v) is 6.13. The van der Waals surface area contributed by atoms with Crippen molar-refractivity contribution in [1.82, 2.24) is 15.5 Å². The van der Waals surface area contributed by atoms with Gasteiger partial charge in [0.25, 0.3) is 0 Å². The summed E-state index contributed by atoms with van der Waals surface area (Å²) in [5, 5.41) is 8.12. The second kappa shape index (κ2) is 8.36. The van der Waals surface area contributed by atoms with Crippen molar-refractivity contribution in [2.24, 2.45) is 0 Å². The molecule has 2 aromatic rings. The molecule has 1 saturated heterocycles. The fourth-order valence-electron chi connectivity index (χ4n) is 4.91. The lowest BCUT2D eigenvalue weighted by molar-refractivity contribution is 0.153. The van der Waals surface area contributed by atoms with Gasteiger partial charge in [-0.15, -0.1) is 0 Å². The van der Waals surface area contributed by atoms with Crippen LogP contribution in [-0.4, -0.2) is 33.9 Å². The Balaban J connectivity index is 1.51. The number of rotatable bonds is 5. The number of fused-ring (bicyclic) bond motifs is 1. The van der Waals surface area contributed by atoms with Gasteiger partial charge in [-0.3, -0.25) is 0 Å². The highest BCUT2D eigenvalue weighted by Crippen LogP contribution is 2.33. The number of nitrogens with zero attached hydrogens (tertiary/aromatic N) is 1. The van der Waals surface area contributed by atoms with Crippen molar-refractivity contribution in [3.63, 3.8) is 0 Å². The van der Waals surface area contributed by atoms with E-state index in [-0.39, 0.29) is 17.9 Å². The first-order valence-corrected chi connectivity index (χ1v) is 11.3. The summed E-state index contributed by atoms with van der Waals surface area (Å²) >= 11 is 5.91. The first kappa shape index (κ1) is 22.0. The zero-order valence-corrected chi connectivity index (χ0v) is 19.9. The van der Waals surface area contributed by atoms with E-state index in [4.69, 9.17) is 26.1 Å². The molecule has 0 bridgehead atoms. The van der Waals surface area contributed by atoms with Gasteiger partial charge in [0, 0.05) is 23.7 Å². The lowest BCUT2D eigenvalue weighted by atomic mass is 9.80. The normalized spacial score (nSPS) is 19.3. The summed E-state index contributed by atoms with van der Waals surface area (Å²) in [6, 6.07) is 10.4. The average molecular weight is 444 g/mol. The van der Waals surface area contributed by atoms with Gasteiger partial charge in [0.2, 0.25) is 6.79 Å². The summed E-state index contributed by atoms with van der Waals surface area (Å²) in [7, 11) is 0. The number of hydrogen-bond donors (Lipinski definition) is 2. The summed E-state index contributed by atoms with van der Waals surface area (Å²) in [6.07, 6.45) is 2.02. The molecule has 168 valence electrons. The number of furan rings is 1. The van der Waals surface area contributed by atoms with E-state index in [0.29, 0.717) is 19.1 Å². The van der Waals surface area contributed by atoms with E-state index in [0.717, 1.165) is 46.5 Å². The fraction of sp³-hybridized carbons (Fsp3) is 0.542. The molecule has 1 fully saturated rings. The summed E-state index contributed by atoms with van der Waals surface area (Å²) in [5.74, 6) is 3.37. The van der Waals surface area contributed by atoms with Crippen LogP contribution in [0.1, 0.15) is 57.6 Å². The van der Waals surface area contributed by atoms with Gasteiger partial charge in [-0.05, 0) is 89.5 Å². The molecule has 6 nitrogen and oxygen atoms in total. The number of piperidine rings is 1. The molecule has 2 aliphatic heterocycles. The van der Waals surface area contributed by atoms with E-state index < -0.39 is 0 Å². The maximum absolute atomic E-state index is 5.91. The molecule has 1 aromatic heterocycles. The predicted octanol–water partition coefficient (Wildman–Crippen LogP) is 4.50. The average Bonchev–Trinajstić information content (AvgIpc) is 3.26. The largest absolute Gasteiger partial charge is 0.464 e. The molecule has 0 unspecified atom stereocenters. The number of ether oxygens (including phenoxy) is 2. The second-order valence-corrected chi connectivity index (χ2v) is 10.4. The van der Waals surface area contributed by atoms with Crippen molar-refractivity contribution in [2.75, 3.05) is 6.79 Å². The van der Waals surface area contributed by atoms with Gasteiger partial charge in [-0.2, -0.15) is 0 Å². The highest BCUT2D eigenvalue weighted by Gasteiger charge is 2.38. The maximum atomic E-state index is 5.91. The molecule has 3 heterocycles. The van der Waals surface area contributed by atoms with E-state index in [1.807, 2.05) is 31.2 Å². The Labute approximate surface area is 190 Å². The second-order valence-electron chi connectivity index (χ2n) is 10.0. The number of nitrogens with one attached hydrogen (secondary N) is 2. The first-order chi connectivity index (χ1) is 14.6. The molecule has 0 atom stereocenters. The molecule has 4 rings (SSSR count). The Bertz CT molecular complexity index is 937. The van der Waals surface area contributed by atoms with Crippen LogP contribution in [0.5, 0.6) is 11.5 Å². The highest BCUT2D eigenvalue weighted by molar-refractivity contribution is 7.80. The molecular formula is C24H33N3O3S. The molecule has 0 radical (unpaired) electrons. The summed E-state index contributed by atoms with van der Waals surface area (Å²) in [5.41, 5.74) is 1.22. The molecule has 2 aliphatic rings. The van der Waals surface area contributed by atoms with Crippen LogP contribution in [0.25, 0.3) is 0 Å². The van der Waals surface area contributed by atoms with Crippen molar-refractivity contribution in [3.8, 4) is 11.5 Å². The van der Waals surface area contributed by atoms with Gasteiger partial charge in [-0.1, -0.05) is 6.07 Å². The zero-order chi connectivity index (χ0) is 22.2. The SMILES string of the molecule is Cc1ccc(CN(Cc2ccc3c(c2)OCO3)C(=S)NC2CC(C)(C)NC(C)(C)C2)o1. The minimum atomic E-state index is 0.0509. The molecule has 2 N–H and O–H groups in total. The lowest BCUT2D eigenvalue weighted by Gasteiger charge is -2.47. The van der Waals surface area contributed by atoms with Crippen LogP contribution in [0.15, 0.2) is 34.7 Å². The van der Waals surface area contributed by atoms with Crippen molar-refractivity contribution < 1.29 is 13.9 Å². The molecule has 0 aliphatic carbocycles. The Hall–Kier alpha value is -2.25. The van der Waals surface area contributed by atoms with Gasteiger partial charge in [0.1, 0.15) is 11.5 Å². The number of benzene rings is 1. The fourth-order valence-corrected chi connectivity index (χ4v) is 5.20. The Morgan fingerprint density at radius 2 is 1.77 bits per heavy atom. The number of hydrogen-bond acceptors (Lipinski definition) is 5. The Morgan fingerprint density at radius 3 is 2.45 bits per heavy atom. The predicted molar refractivity (Wildman–Crippen MR) is 125 cm³/mol. The summed E-state index contributed by atoms with van der Waals surface area (Å²) in [6.45, 7) is 12.5. The van der Waals surface area contributed by atoms with Crippen molar-refractivity contribution in [3.05, 3.63) is 47.4 Å². The maximum Gasteiger partial charge on any atom is 0.231 e. The van der Waals surface area contributed by atoms with Crippen molar-refractivity contribution in [1.29, 1.82) is 0 Å². The summed E-state index contributed by atoms with van der Waals surface area (Å²) in [4.78, 5) is 2.16. The smallest absolute Gasteiger partial charge is 0.231 e. The van der Waals surface area contributed by atoms with Crippen LogP contribution >= 0.6 is 12.2 Å². The van der Waals surface area contributed by atoms with Gasteiger partial charge in [0.15, 0.2) is 16.6 Å². The first-order valence-electron chi connectivity index (χ1n) is 10.9. The van der Waals surface area contributed by atoms with Gasteiger partial charge in [0.05, 0.1) is 6.54 Å². The van der Waals surface area contributed by atoms with Crippen LogP contribution in [0, 0.1) is 6.92 Å². The van der Waals surface area contributed by atoms with Gasteiger partial charge in [-0.25, -0.2) is 0 Å². The quantitative estimate of drug-likeness (QED) is 0.660. The lowest BCUT2D eigenvalue weighted by Crippen LogP contribution is -2.62. The molecule has 1 aromatic carbocycles. The van der Waals surface area contributed by atoms with Crippen LogP contribution < -0.4 is 20.1 Å². The minimum Gasteiger partial charge on any atom is -0.464 e. The van der Waals surface area contributed by atoms with E-state index in [2.05, 4.69) is 49.3 Å². The molecular weight excluding hydrogens is 410 g/mol. The molecule has 7 heteroatoms. The molecule has 0 amide bonds. The van der Waals surface area contributed by atoms with Crippen LogP contribution in [-0.2, 0) is 13.1 Å². The standard InChI is InChI=1S/C24H33N3O3S/c1-16-6-8-19(30-16)14-27(13-17-7-9-20-21(10-17)29-15-28-20)22(31)25-18-11-23(2,3)26-24(4,5)12-18/h6-10,18,26H,11-15H2,1-5H3,(H,25,31). The number of thiocarbonyl (C=S) groups is 1. The van der Waals surface area contributed by atoms with Crippen LogP contribution in [0.4, 0.5) is 0 Å². The third kappa shape index (κ3) is 5.52. The number of aryl methyl sites for hydroxylation is 1. The molecule has 0 saturated carbocycles. The van der Waals surface area contributed by atoms with E-state index in [1.54, 1.807) is 0 Å². The monoisotopic (exact) mass is 443 g/mol. The van der Waals surface area contributed by atoms with Crippen molar-refractivity contribution >= 4 is 17.3 Å². The highest BCUT2D eigenvalue weighted by atomic mass is 32.1. The van der Waals surface area contributed by atoms with E-state index in [9.17, 15) is 0 Å². The zero-order valence-electron chi connectivity index (χ0n) is 19.1.